The fraction of sp³-hybridized carbons (Fsp3) is 1.00. The lowest BCUT2D eigenvalue weighted by Gasteiger charge is -2.04. The van der Waals surface area contributed by atoms with Gasteiger partial charge in [0.2, 0.25) is 6.43 Å². The topological polar surface area (TPSA) is 26.0 Å². The number of hydrogen-bond donors (Lipinski definition) is 1. The van der Waals surface area contributed by atoms with E-state index in [1.807, 2.05) is 0 Å². The average Bonchev–Trinajstić information content (AvgIpc) is 1.65. The van der Waals surface area contributed by atoms with Crippen LogP contribution >= 0.6 is 0 Å². The van der Waals surface area contributed by atoms with E-state index in [9.17, 15) is 8.78 Å². The highest BCUT2D eigenvalue weighted by Gasteiger charge is 2.07. The molecule has 0 aromatic rings. The van der Waals surface area contributed by atoms with Gasteiger partial charge >= 0.3 is 0 Å². The summed E-state index contributed by atoms with van der Waals surface area (Å²) in [6, 6.07) is 0. The Hall–Kier alpha value is -0.180. The van der Waals surface area contributed by atoms with Gasteiger partial charge in [0.25, 0.3) is 0 Å². The smallest absolute Gasteiger partial charge is 0.238 e. The molecule has 3 heteroatoms. The van der Waals surface area contributed by atoms with Gasteiger partial charge in [-0.25, -0.2) is 8.78 Å². The third kappa shape index (κ3) is 3.99. The Balaban J connectivity index is 3.10. The average molecular weight is 123 g/mol. The van der Waals surface area contributed by atoms with Crippen molar-refractivity contribution in [2.45, 2.75) is 19.8 Å². The zero-order valence-corrected chi connectivity index (χ0v) is 4.90. The highest BCUT2D eigenvalue weighted by molar-refractivity contribution is 4.53. The maximum Gasteiger partial charge on any atom is 0.238 e. The Kier molecular flexibility index (Phi) is 3.69. The first kappa shape index (κ1) is 7.82. The molecule has 50 valence electrons. The monoisotopic (exact) mass is 123 g/mol. The van der Waals surface area contributed by atoms with Crippen molar-refractivity contribution in [3.8, 4) is 0 Å². The van der Waals surface area contributed by atoms with Crippen molar-refractivity contribution in [1.82, 2.24) is 0 Å². The van der Waals surface area contributed by atoms with Crippen LogP contribution in [0.25, 0.3) is 0 Å². The summed E-state index contributed by atoms with van der Waals surface area (Å²) < 4.78 is 22.8. The van der Waals surface area contributed by atoms with Crippen molar-refractivity contribution >= 4 is 0 Å². The predicted octanol–water partition coefficient (Wildman–Crippen LogP) is 1.24. The lowest BCUT2D eigenvalue weighted by Crippen LogP contribution is -2.13. The summed E-state index contributed by atoms with van der Waals surface area (Å²) in [5.41, 5.74) is 5.09. The van der Waals surface area contributed by atoms with Crippen molar-refractivity contribution in [3.63, 3.8) is 0 Å². The molecule has 0 bridgehead atoms. The molecule has 0 saturated heterocycles. The van der Waals surface area contributed by atoms with Crippen LogP contribution in [0.1, 0.15) is 13.3 Å². The number of alkyl halides is 2. The second kappa shape index (κ2) is 3.78. The number of halogens is 2. The van der Waals surface area contributed by atoms with Crippen LogP contribution in [-0.2, 0) is 0 Å². The van der Waals surface area contributed by atoms with Gasteiger partial charge in [-0.3, -0.25) is 0 Å². The number of rotatable bonds is 3. The van der Waals surface area contributed by atoms with Crippen molar-refractivity contribution in [2.75, 3.05) is 6.54 Å². The molecule has 8 heavy (non-hydrogen) atoms. The first-order valence-corrected chi connectivity index (χ1v) is 2.65. The molecule has 0 aromatic heterocycles. The molecule has 0 unspecified atom stereocenters. The van der Waals surface area contributed by atoms with Crippen LogP contribution in [0.2, 0.25) is 0 Å². The second-order valence-electron chi connectivity index (χ2n) is 1.97. The summed E-state index contributed by atoms with van der Waals surface area (Å²) >= 11 is 0. The third-order valence-corrected chi connectivity index (χ3v) is 0.983. The van der Waals surface area contributed by atoms with Gasteiger partial charge in [-0.1, -0.05) is 6.92 Å². The van der Waals surface area contributed by atoms with Gasteiger partial charge in [0.05, 0.1) is 0 Å². The van der Waals surface area contributed by atoms with E-state index in [2.05, 4.69) is 0 Å². The Morgan fingerprint density at radius 1 is 1.50 bits per heavy atom. The van der Waals surface area contributed by atoms with Crippen LogP contribution in [-0.4, -0.2) is 13.0 Å². The molecule has 1 atom stereocenters. The Labute approximate surface area is 47.9 Å². The van der Waals surface area contributed by atoms with Crippen molar-refractivity contribution in [3.05, 3.63) is 0 Å². The summed E-state index contributed by atoms with van der Waals surface area (Å²) in [5.74, 6) is -0.0463. The molecule has 0 saturated carbocycles. The summed E-state index contributed by atoms with van der Waals surface area (Å²) in [7, 11) is 0. The SMILES string of the molecule is C[C@H](CN)CC(F)F. The van der Waals surface area contributed by atoms with E-state index < -0.39 is 6.43 Å². The van der Waals surface area contributed by atoms with E-state index in [-0.39, 0.29) is 12.3 Å². The Morgan fingerprint density at radius 2 is 2.00 bits per heavy atom. The first-order chi connectivity index (χ1) is 3.66. The lowest BCUT2D eigenvalue weighted by atomic mass is 10.1. The van der Waals surface area contributed by atoms with E-state index in [1.54, 1.807) is 6.92 Å². The largest absolute Gasteiger partial charge is 0.330 e. The lowest BCUT2D eigenvalue weighted by molar-refractivity contribution is 0.119. The quantitative estimate of drug-likeness (QED) is 0.600. The minimum absolute atomic E-state index is 0.0463. The van der Waals surface area contributed by atoms with Crippen LogP contribution < -0.4 is 5.73 Å². The molecular weight excluding hydrogens is 112 g/mol. The Morgan fingerprint density at radius 3 is 2.12 bits per heavy atom. The minimum atomic E-state index is -2.20. The molecule has 0 aliphatic heterocycles. The van der Waals surface area contributed by atoms with Crippen LogP contribution in [0.5, 0.6) is 0 Å². The molecule has 0 amide bonds. The molecule has 0 radical (unpaired) electrons. The molecule has 1 nitrogen and oxygen atoms in total. The molecule has 0 aromatic carbocycles. The van der Waals surface area contributed by atoms with Crippen molar-refractivity contribution < 1.29 is 8.78 Å². The standard InChI is InChI=1S/C5H11F2N/c1-4(3-8)2-5(6)7/h4-5H,2-3,8H2,1H3/t4-/m0/s1. The molecule has 2 N–H and O–H groups in total. The summed E-state index contributed by atoms with van der Waals surface area (Å²) in [6.07, 6.45) is -2.27. The summed E-state index contributed by atoms with van der Waals surface area (Å²) in [4.78, 5) is 0. The van der Waals surface area contributed by atoms with Gasteiger partial charge in [-0.2, -0.15) is 0 Å². The van der Waals surface area contributed by atoms with Gasteiger partial charge in [0, 0.05) is 6.42 Å². The van der Waals surface area contributed by atoms with Crippen LogP contribution in [0, 0.1) is 5.92 Å². The molecule has 0 fully saturated rings. The zero-order chi connectivity index (χ0) is 6.57. The van der Waals surface area contributed by atoms with Crippen LogP contribution in [0.3, 0.4) is 0 Å². The maximum atomic E-state index is 11.4. The molecule has 0 aliphatic rings. The van der Waals surface area contributed by atoms with Crippen molar-refractivity contribution in [1.29, 1.82) is 0 Å². The van der Waals surface area contributed by atoms with E-state index in [4.69, 9.17) is 5.73 Å². The minimum Gasteiger partial charge on any atom is -0.330 e. The highest BCUT2D eigenvalue weighted by Crippen LogP contribution is 2.07. The highest BCUT2D eigenvalue weighted by atomic mass is 19.3. The van der Waals surface area contributed by atoms with Crippen LogP contribution in [0.4, 0.5) is 8.78 Å². The first-order valence-electron chi connectivity index (χ1n) is 2.65. The van der Waals surface area contributed by atoms with E-state index >= 15 is 0 Å². The third-order valence-electron chi connectivity index (χ3n) is 0.983. The second-order valence-corrected chi connectivity index (χ2v) is 1.97. The normalized spacial score (nSPS) is 14.6. The van der Waals surface area contributed by atoms with E-state index in [0.29, 0.717) is 6.54 Å². The molecular formula is C5H11F2N. The van der Waals surface area contributed by atoms with E-state index in [0.717, 1.165) is 0 Å². The summed E-state index contributed by atoms with van der Waals surface area (Å²) in [6.45, 7) is 2.07. The number of nitrogens with two attached hydrogens (primary N) is 1. The molecule has 0 aliphatic carbocycles. The van der Waals surface area contributed by atoms with E-state index in [1.165, 1.54) is 0 Å². The fourth-order valence-electron chi connectivity index (χ4n) is 0.400. The molecule has 0 spiro atoms. The van der Waals surface area contributed by atoms with Crippen molar-refractivity contribution in [2.24, 2.45) is 11.7 Å². The van der Waals surface area contributed by atoms with Gasteiger partial charge in [-0.05, 0) is 12.5 Å². The maximum absolute atomic E-state index is 11.4. The predicted molar refractivity (Wildman–Crippen MR) is 28.8 cm³/mol. The molecule has 0 rings (SSSR count). The van der Waals surface area contributed by atoms with Gasteiger partial charge in [0.1, 0.15) is 0 Å². The van der Waals surface area contributed by atoms with Crippen LogP contribution in [0.15, 0.2) is 0 Å². The summed E-state index contributed by atoms with van der Waals surface area (Å²) in [5, 5.41) is 0. The Bertz CT molecular complexity index is 56.4. The van der Waals surface area contributed by atoms with Gasteiger partial charge in [0.15, 0.2) is 0 Å². The van der Waals surface area contributed by atoms with Gasteiger partial charge < -0.3 is 5.73 Å². The van der Waals surface area contributed by atoms with Gasteiger partial charge in [-0.15, -0.1) is 0 Å². The molecule has 0 heterocycles. The number of hydrogen-bond acceptors (Lipinski definition) is 1. The fourth-order valence-corrected chi connectivity index (χ4v) is 0.400. The zero-order valence-electron chi connectivity index (χ0n) is 4.90.